The Labute approximate surface area is 167 Å². The molecule has 2 aromatic carbocycles. The average molecular weight is 392 g/mol. The summed E-state index contributed by atoms with van der Waals surface area (Å²) >= 11 is 0. The standard InChI is InChI=1S/C22H20N2O5/c1-13-16-11-14(8-9-17(16)23-21(13)27)19(25)12-29-22(28)15-5-2-3-6-18(15)24-10-4-7-20(24)26/h2-3,5-6,8-9,11,13H,4,7,10,12H2,1H3,(H,23,27)/t13-/m0/s1. The third-order valence-electron chi connectivity index (χ3n) is 5.31. The van der Waals surface area contributed by atoms with E-state index in [4.69, 9.17) is 4.74 Å². The van der Waals surface area contributed by atoms with Gasteiger partial charge in [-0.3, -0.25) is 14.4 Å². The number of anilines is 2. The smallest absolute Gasteiger partial charge is 0.340 e. The molecule has 0 spiro atoms. The number of ketones is 1. The molecule has 4 rings (SSSR count). The molecule has 0 aromatic heterocycles. The van der Waals surface area contributed by atoms with Crippen LogP contribution in [0.1, 0.15) is 52.0 Å². The molecule has 29 heavy (non-hydrogen) atoms. The van der Waals surface area contributed by atoms with Crippen LogP contribution in [0.5, 0.6) is 0 Å². The summed E-state index contributed by atoms with van der Waals surface area (Å²) in [4.78, 5) is 50.5. The largest absolute Gasteiger partial charge is 0.454 e. The number of esters is 1. The van der Waals surface area contributed by atoms with Crippen LogP contribution in [0.15, 0.2) is 42.5 Å². The molecule has 1 atom stereocenters. The summed E-state index contributed by atoms with van der Waals surface area (Å²) in [5, 5.41) is 2.75. The number of ether oxygens (including phenoxy) is 1. The van der Waals surface area contributed by atoms with Crippen LogP contribution in [-0.4, -0.2) is 36.7 Å². The maximum Gasteiger partial charge on any atom is 0.340 e. The highest BCUT2D eigenvalue weighted by molar-refractivity contribution is 6.06. The van der Waals surface area contributed by atoms with Crippen LogP contribution >= 0.6 is 0 Å². The molecule has 2 heterocycles. The van der Waals surface area contributed by atoms with Crippen molar-refractivity contribution in [1.29, 1.82) is 0 Å². The molecule has 0 aliphatic carbocycles. The van der Waals surface area contributed by atoms with Crippen molar-refractivity contribution in [3.63, 3.8) is 0 Å². The van der Waals surface area contributed by atoms with Crippen molar-refractivity contribution in [2.75, 3.05) is 23.4 Å². The molecule has 0 saturated carbocycles. The zero-order valence-electron chi connectivity index (χ0n) is 15.9. The first-order chi connectivity index (χ1) is 14.0. The van der Waals surface area contributed by atoms with Crippen LogP contribution in [0.3, 0.4) is 0 Å². The lowest BCUT2D eigenvalue weighted by Gasteiger charge is -2.18. The Morgan fingerprint density at radius 1 is 1.17 bits per heavy atom. The number of amides is 2. The minimum absolute atomic E-state index is 0.0308. The Morgan fingerprint density at radius 3 is 2.72 bits per heavy atom. The van der Waals surface area contributed by atoms with Crippen molar-refractivity contribution in [3.05, 3.63) is 59.2 Å². The first kappa shape index (κ1) is 18.9. The highest BCUT2D eigenvalue weighted by Crippen LogP contribution is 2.33. The van der Waals surface area contributed by atoms with Crippen molar-refractivity contribution in [2.24, 2.45) is 0 Å². The fourth-order valence-electron chi connectivity index (χ4n) is 3.67. The SMILES string of the molecule is C[C@@H]1C(=O)Nc2ccc(C(=O)COC(=O)c3ccccc3N3CCCC3=O)cc21. The van der Waals surface area contributed by atoms with E-state index in [1.54, 1.807) is 54.3 Å². The lowest BCUT2D eigenvalue weighted by atomic mass is 9.99. The Kier molecular flexibility index (Phi) is 4.88. The second-order valence-electron chi connectivity index (χ2n) is 7.18. The van der Waals surface area contributed by atoms with Crippen molar-refractivity contribution in [1.82, 2.24) is 0 Å². The van der Waals surface area contributed by atoms with Gasteiger partial charge in [-0.1, -0.05) is 12.1 Å². The molecule has 0 unspecified atom stereocenters. The molecule has 2 amide bonds. The van der Waals surface area contributed by atoms with E-state index in [0.29, 0.717) is 29.9 Å². The Balaban J connectivity index is 1.47. The molecule has 0 bridgehead atoms. The predicted molar refractivity (Wildman–Crippen MR) is 106 cm³/mol. The maximum atomic E-state index is 12.6. The molecular formula is C22H20N2O5. The van der Waals surface area contributed by atoms with Crippen molar-refractivity contribution >= 4 is 34.9 Å². The summed E-state index contributed by atoms with van der Waals surface area (Å²) in [7, 11) is 0. The Morgan fingerprint density at radius 2 is 1.97 bits per heavy atom. The van der Waals surface area contributed by atoms with Crippen LogP contribution in [0.4, 0.5) is 11.4 Å². The number of carbonyl (C=O) groups excluding carboxylic acids is 4. The predicted octanol–water partition coefficient (Wildman–Crippen LogP) is 2.91. The number of rotatable bonds is 5. The summed E-state index contributed by atoms with van der Waals surface area (Å²) in [5.74, 6) is -1.48. The first-order valence-electron chi connectivity index (χ1n) is 9.50. The molecule has 2 aromatic rings. The second kappa shape index (κ2) is 7.50. The Hall–Kier alpha value is -3.48. The van der Waals surface area contributed by atoms with Gasteiger partial charge in [-0.2, -0.15) is 0 Å². The van der Waals surface area contributed by atoms with Gasteiger partial charge in [0.2, 0.25) is 11.8 Å². The average Bonchev–Trinajstić information content (AvgIpc) is 3.28. The van der Waals surface area contributed by atoms with Gasteiger partial charge in [0.15, 0.2) is 12.4 Å². The van der Waals surface area contributed by atoms with Gasteiger partial charge in [0, 0.05) is 24.2 Å². The fourth-order valence-corrected chi connectivity index (χ4v) is 3.67. The topological polar surface area (TPSA) is 92.8 Å². The van der Waals surface area contributed by atoms with Gasteiger partial charge >= 0.3 is 5.97 Å². The van der Waals surface area contributed by atoms with Gasteiger partial charge in [0.05, 0.1) is 17.2 Å². The van der Waals surface area contributed by atoms with Gasteiger partial charge in [-0.15, -0.1) is 0 Å². The molecule has 0 radical (unpaired) electrons. The number of benzene rings is 2. The van der Waals surface area contributed by atoms with Crippen LogP contribution < -0.4 is 10.2 Å². The summed E-state index contributed by atoms with van der Waals surface area (Å²) in [6, 6.07) is 11.7. The number of nitrogens with one attached hydrogen (secondary N) is 1. The number of nitrogens with zero attached hydrogens (tertiary/aromatic N) is 1. The first-order valence-corrected chi connectivity index (χ1v) is 9.50. The van der Waals surface area contributed by atoms with E-state index in [1.165, 1.54) is 0 Å². The highest BCUT2D eigenvalue weighted by Gasteiger charge is 2.28. The second-order valence-corrected chi connectivity index (χ2v) is 7.18. The van der Waals surface area contributed by atoms with E-state index in [9.17, 15) is 19.2 Å². The third kappa shape index (κ3) is 3.51. The quantitative estimate of drug-likeness (QED) is 0.624. The monoisotopic (exact) mass is 392 g/mol. The van der Waals surface area contributed by atoms with Crippen LogP contribution in [0.25, 0.3) is 0 Å². The van der Waals surface area contributed by atoms with Gasteiger partial charge in [-0.05, 0) is 49.2 Å². The maximum absolute atomic E-state index is 12.6. The van der Waals surface area contributed by atoms with Crippen LogP contribution in [0, 0.1) is 0 Å². The van der Waals surface area contributed by atoms with Gasteiger partial charge in [0.25, 0.3) is 0 Å². The van der Waals surface area contributed by atoms with Crippen LogP contribution in [0.2, 0.25) is 0 Å². The van der Waals surface area contributed by atoms with Gasteiger partial charge in [0.1, 0.15) is 0 Å². The zero-order valence-corrected chi connectivity index (χ0v) is 15.9. The molecular weight excluding hydrogens is 372 g/mol. The molecule has 2 aliphatic heterocycles. The van der Waals surface area contributed by atoms with Crippen molar-refractivity contribution < 1.29 is 23.9 Å². The molecule has 1 N–H and O–H groups in total. The number of hydrogen-bond donors (Lipinski definition) is 1. The van der Waals surface area contributed by atoms with E-state index in [-0.39, 0.29) is 29.1 Å². The van der Waals surface area contributed by atoms with Crippen molar-refractivity contribution in [3.8, 4) is 0 Å². The molecule has 2 aliphatic rings. The number of para-hydroxylation sites is 1. The number of Topliss-reactive ketones (excluding diaryl/α,β-unsaturated/α-hetero) is 1. The lowest BCUT2D eigenvalue weighted by Crippen LogP contribution is -2.26. The zero-order chi connectivity index (χ0) is 20.5. The highest BCUT2D eigenvalue weighted by atomic mass is 16.5. The van der Waals surface area contributed by atoms with E-state index >= 15 is 0 Å². The minimum Gasteiger partial charge on any atom is -0.454 e. The summed E-state index contributed by atoms with van der Waals surface area (Å²) in [5.41, 5.74) is 2.59. The number of carbonyl (C=O) groups is 4. The van der Waals surface area contributed by atoms with E-state index < -0.39 is 12.6 Å². The molecule has 7 nitrogen and oxygen atoms in total. The fraction of sp³-hybridized carbons (Fsp3) is 0.273. The van der Waals surface area contributed by atoms with Gasteiger partial charge < -0.3 is 15.0 Å². The van der Waals surface area contributed by atoms with E-state index in [1.807, 2.05) is 0 Å². The molecule has 1 saturated heterocycles. The summed E-state index contributed by atoms with van der Waals surface area (Å²) in [6.07, 6.45) is 1.20. The lowest BCUT2D eigenvalue weighted by molar-refractivity contribution is -0.117. The molecule has 7 heteroatoms. The third-order valence-corrected chi connectivity index (χ3v) is 5.31. The van der Waals surface area contributed by atoms with E-state index in [0.717, 1.165) is 12.0 Å². The van der Waals surface area contributed by atoms with E-state index in [2.05, 4.69) is 5.32 Å². The minimum atomic E-state index is -0.653. The number of hydrogen-bond acceptors (Lipinski definition) is 5. The Bertz CT molecular complexity index is 1030. The van der Waals surface area contributed by atoms with Crippen molar-refractivity contribution in [2.45, 2.75) is 25.7 Å². The summed E-state index contributed by atoms with van der Waals surface area (Å²) in [6.45, 7) is 1.91. The molecule has 148 valence electrons. The molecule has 1 fully saturated rings. The van der Waals surface area contributed by atoms with Gasteiger partial charge in [-0.25, -0.2) is 4.79 Å². The normalized spacial score (nSPS) is 17.8. The van der Waals surface area contributed by atoms with Crippen LogP contribution in [-0.2, 0) is 14.3 Å². The summed E-state index contributed by atoms with van der Waals surface area (Å²) < 4.78 is 5.24. The number of fused-ring (bicyclic) bond motifs is 1.